The zero-order valence-corrected chi connectivity index (χ0v) is 11.6. The Bertz CT molecular complexity index is 398. The number of hydrogen-bond acceptors (Lipinski definition) is 2. The van der Waals surface area contributed by atoms with E-state index in [1.54, 1.807) is 0 Å². The Balaban J connectivity index is 1.63. The lowest BCUT2D eigenvalue weighted by Crippen LogP contribution is -2.43. The van der Waals surface area contributed by atoms with Gasteiger partial charge in [0.1, 0.15) is 0 Å². The summed E-state index contributed by atoms with van der Waals surface area (Å²) in [5.74, 6) is 0. The molecule has 20 heavy (non-hydrogen) atoms. The molecule has 1 aliphatic rings. The van der Waals surface area contributed by atoms with Crippen LogP contribution in [0.5, 0.6) is 0 Å². The summed E-state index contributed by atoms with van der Waals surface area (Å²) in [4.78, 5) is 1.85. The van der Waals surface area contributed by atoms with Crippen LogP contribution in [0.3, 0.4) is 0 Å². The summed E-state index contributed by atoms with van der Waals surface area (Å²) < 4.78 is 24.5. The SMILES string of the molecule is FC(F)CN1CCC(NC/C=C/c2ccccc2)CC1. The van der Waals surface area contributed by atoms with E-state index >= 15 is 0 Å². The molecule has 1 fully saturated rings. The molecule has 1 saturated heterocycles. The van der Waals surface area contributed by atoms with Crippen LogP contribution >= 0.6 is 0 Å². The van der Waals surface area contributed by atoms with Crippen molar-refractivity contribution in [3.05, 3.63) is 42.0 Å². The predicted molar refractivity (Wildman–Crippen MR) is 78.9 cm³/mol. The first kappa shape index (κ1) is 15.1. The molecule has 0 atom stereocenters. The lowest BCUT2D eigenvalue weighted by atomic mass is 10.1. The average Bonchev–Trinajstić information content (AvgIpc) is 2.46. The maximum Gasteiger partial charge on any atom is 0.251 e. The zero-order valence-electron chi connectivity index (χ0n) is 11.6. The third-order valence-corrected chi connectivity index (χ3v) is 3.62. The van der Waals surface area contributed by atoms with Gasteiger partial charge in [-0.1, -0.05) is 42.5 Å². The minimum atomic E-state index is -2.21. The average molecular weight is 280 g/mol. The monoisotopic (exact) mass is 280 g/mol. The van der Waals surface area contributed by atoms with E-state index in [4.69, 9.17) is 0 Å². The number of nitrogens with zero attached hydrogens (tertiary/aromatic N) is 1. The second-order valence-corrected chi connectivity index (χ2v) is 5.19. The molecule has 1 aromatic rings. The standard InChI is InChI=1S/C16H22F2N2/c17-16(18)13-20-11-8-15(9-12-20)19-10-4-7-14-5-2-1-3-6-14/h1-7,15-16,19H,8-13H2/b7-4+. The highest BCUT2D eigenvalue weighted by Gasteiger charge is 2.20. The highest BCUT2D eigenvalue weighted by Crippen LogP contribution is 2.11. The van der Waals surface area contributed by atoms with Crippen molar-refractivity contribution < 1.29 is 8.78 Å². The lowest BCUT2D eigenvalue weighted by Gasteiger charge is -2.31. The summed E-state index contributed by atoms with van der Waals surface area (Å²) in [7, 11) is 0. The normalized spacial score (nSPS) is 18.1. The molecular formula is C16H22F2N2. The first-order chi connectivity index (χ1) is 9.74. The third-order valence-electron chi connectivity index (χ3n) is 3.62. The fraction of sp³-hybridized carbons (Fsp3) is 0.500. The summed E-state index contributed by atoms with van der Waals surface area (Å²) in [6, 6.07) is 10.6. The molecule has 0 radical (unpaired) electrons. The fourth-order valence-electron chi connectivity index (χ4n) is 2.51. The van der Waals surface area contributed by atoms with Crippen LogP contribution in [0.15, 0.2) is 36.4 Å². The van der Waals surface area contributed by atoms with Gasteiger partial charge in [0.2, 0.25) is 0 Å². The summed E-state index contributed by atoms with van der Waals surface area (Å²) >= 11 is 0. The van der Waals surface area contributed by atoms with Gasteiger partial charge < -0.3 is 5.32 Å². The van der Waals surface area contributed by atoms with Crippen molar-refractivity contribution in [2.45, 2.75) is 25.3 Å². The first-order valence-electron chi connectivity index (χ1n) is 7.19. The number of benzene rings is 1. The van der Waals surface area contributed by atoms with Gasteiger partial charge >= 0.3 is 0 Å². The minimum absolute atomic E-state index is 0.0827. The van der Waals surface area contributed by atoms with Crippen LogP contribution in [0.2, 0.25) is 0 Å². The molecule has 1 aliphatic heterocycles. The molecule has 2 rings (SSSR count). The van der Waals surface area contributed by atoms with Crippen LogP contribution in [-0.4, -0.2) is 43.5 Å². The topological polar surface area (TPSA) is 15.3 Å². The van der Waals surface area contributed by atoms with Crippen molar-refractivity contribution in [3.63, 3.8) is 0 Å². The van der Waals surface area contributed by atoms with Crippen molar-refractivity contribution in [2.24, 2.45) is 0 Å². The van der Waals surface area contributed by atoms with Gasteiger partial charge in [0.05, 0.1) is 6.54 Å². The maximum absolute atomic E-state index is 12.3. The molecule has 0 aliphatic carbocycles. The molecule has 0 saturated carbocycles. The van der Waals surface area contributed by atoms with E-state index in [2.05, 4.69) is 29.6 Å². The molecule has 0 amide bonds. The quantitative estimate of drug-likeness (QED) is 0.861. The Morgan fingerprint density at radius 1 is 1.20 bits per heavy atom. The Morgan fingerprint density at radius 2 is 1.90 bits per heavy atom. The van der Waals surface area contributed by atoms with Gasteiger partial charge in [0.15, 0.2) is 0 Å². The van der Waals surface area contributed by atoms with E-state index < -0.39 is 6.43 Å². The first-order valence-corrected chi connectivity index (χ1v) is 7.19. The van der Waals surface area contributed by atoms with Crippen molar-refractivity contribution in [1.29, 1.82) is 0 Å². The molecule has 1 heterocycles. The van der Waals surface area contributed by atoms with Gasteiger partial charge in [-0.25, -0.2) is 8.78 Å². The van der Waals surface area contributed by atoms with Crippen LogP contribution < -0.4 is 5.32 Å². The minimum Gasteiger partial charge on any atom is -0.310 e. The van der Waals surface area contributed by atoms with Gasteiger partial charge in [-0.2, -0.15) is 0 Å². The van der Waals surface area contributed by atoms with E-state index in [1.165, 1.54) is 5.56 Å². The van der Waals surface area contributed by atoms with E-state index in [1.807, 2.05) is 23.1 Å². The highest BCUT2D eigenvalue weighted by atomic mass is 19.3. The lowest BCUT2D eigenvalue weighted by molar-refractivity contribution is 0.0734. The Hall–Kier alpha value is -1.26. The van der Waals surface area contributed by atoms with Gasteiger partial charge in [0.25, 0.3) is 6.43 Å². The van der Waals surface area contributed by atoms with Gasteiger partial charge in [-0.3, -0.25) is 4.90 Å². The molecule has 0 spiro atoms. The largest absolute Gasteiger partial charge is 0.310 e. The van der Waals surface area contributed by atoms with Crippen LogP contribution in [0.1, 0.15) is 18.4 Å². The van der Waals surface area contributed by atoms with Crippen LogP contribution in [0, 0.1) is 0 Å². The van der Waals surface area contributed by atoms with Crippen LogP contribution in [0.4, 0.5) is 8.78 Å². The fourth-order valence-corrected chi connectivity index (χ4v) is 2.51. The van der Waals surface area contributed by atoms with E-state index in [0.717, 1.165) is 32.5 Å². The Labute approximate surface area is 119 Å². The number of alkyl halides is 2. The van der Waals surface area contributed by atoms with Crippen molar-refractivity contribution >= 4 is 6.08 Å². The molecule has 1 aromatic carbocycles. The zero-order chi connectivity index (χ0) is 14.2. The van der Waals surface area contributed by atoms with Crippen LogP contribution in [-0.2, 0) is 0 Å². The number of rotatable bonds is 6. The van der Waals surface area contributed by atoms with Crippen molar-refractivity contribution in [2.75, 3.05) is 26.2 Å². The Morgan fingerprint density at radius 3 is 2.55 bits per heavy atom. The number of halogens is 2. The number of nitrogens with one attached hydrogen (secondary N) is 1. The molecular weight excluding hydrogens is 258 g/mol. The van der Waals surface area contributed by atoms with E-state index in [-0.39, 0.29) is 6.54 Å². The summed E-state index contributed by atoms with van der Waals surface area (Å²) in [5, 5.41) is 3.46. The Kier molecular flexibility index (Phi) is 6.15. The molecule has 1 N–H and O–H groups in total. The maximum atomic E-state index is 12.3. The van der Waals surface area contributed by atoms with Gasteiger partial charge in [-0.15, -0.1) is 0 Å². The third kappa shape index (κ3) is 5.39. The number of hydrogen-bond donors (Lipinski definition) is 1. The van der Waals surface area contributed by atoms with Crippen LogP contribution in [0.25, 0.3) is 6.08 Å². The van der Waals surface area contributed by atoms with E-state index in [0.29, 0.717) is 6.04 Å². The van der Waals surface area contributed by atoms with Gasteiger partial charge in [0, 0.05) is 12.6 Å². The summed E-state index contributed by atoms with van der Waals surface area (Å²) in [6.07, 6.45) is 3.89. The van der Waals surface area contributed by atoms with E-state index in [9.17, 15) is 8.78 Å². The molecule has 0 bridgehead atoms. The summed E-state index contributed by atoms with van der Waals surface area (Å²) in [6.45, 7) is 2.28. The molecule has 4 heteroatoms. The van der Waals surface area contributed by atoms with Crippen molar-refractivity contribution in [1.82, 2.24) is 10.2 Å². The smallest absolute Gasteiger partial charge is 0.251 e. The predicted octanol–water partition coefficient (Wildman–Crippen LogP) is 3.02. The molecule has 0 aromatic heterocycles. The van der Waals surface area contributed by atoms with Crippen molar-refractivity contribution in [3.8, 4) is 0 Å². The summed E-state index contributed by atoms with van der Waals surface area (Å²) in [5.41, 5.74) is 1.20. The molecule has 0 unspecified atom stereocenters. The second kappa shape index (κ2) is 8.12. The van der Waals surface area contributed by atoms with Gasteiger partial charge in [-0.05, 0) is 31.5 Å². The second-order valence-electron chi connectivity index (χ2n) is 5.19. The molecule has 110 valence electrons. The number of piperidine rings is 1. The molecule has 2 nitrogen and oxygen atoms in total. The number of likely N-dealkylation sites (tertiary alicyclic amines) is 1. The highest BCUT2D eigenvalue weighted by molar-refractivity contribution is 5.48.